The van der Waals surface area contributed by atoms with Crippen LogP contribution in [0.15, 0.2) is 48.5 Å². The van der Waals surface area contributed by atoms with Crippen LogP contribution in [0, 0.1) is 0 Å². The summed E-state index contributed by atoms with van der Waals surface area (Å²) in [6.07, 6.45) is 0. The Kier molecular flexibility index (Phi) is 5.76. The van der Waals surface area contributed by atoms with Crippen molar-refractivity contribution < 1.29 is 18.4 Å². The maximum atomic E-state index is 12.9. The number of hydrogen-bond donors (Lipinski definition) is 3. The number of carbonyl (C=O) groups excluding carboxylic acids is 1. The van der Waals surface area contributed by atoms with Crippen LogP contribution in [-0.2, 0) is 23.3 Å². The van der Waals surface area contributed by atoms with Gasteiger partial charge in [0.05, 0.1) is 0 Å². The van der Waals surface area contributed by atoms with Gasteiger partial charge in [0.15, 0.2) is 0 Å². The zero-order chi connectivity index (χ0) is 19.4. The van der Waals surface area contributed by atoms with Crippen molar-refractivity contribution in [3.63, 3.8) is 0 Å². The van der Waals surface area contributed by atoms with Crippen LogP contribution in [0.4, 0.5) is 5.69 Å². The standard InChI is InChI=1S/C18H22N4O4S/c1-21-9-10-22(27(25,26)20-17-5-3-2-4-6-17)13-16-11-14(18(23)19-24)7-8-15(16)12-21/h2-8,11,20,24H,9-10,12-13H2,1H3,(H,19,23). The zero-order valence-electron chi connectivity index (χ0n) is 14.9. The van der Waals surface area contributed by atoms with Gasteiger partial charge in [-0.1, -0.05) is 24.3 Å². The maximum Gasteiger partial charge on any atom is 0.301 e. The number of rotatable bonds is 4. The van der Waals surface area contributed by atoms with Gasteiger partial charge < -0.3 is 4.90 Å². The molecule has 3 N–H and O–H groups in total. The minimum absolute atomic E-state index is 0.137. The van der Waals surface area contributed by atoms with Gasteiger partial charge in [-0.15, -0.1) is 0 Å². The van der Waals surface area contributed by atoms with Gasteiger partial charge in [0.25, 0.3) is 5.91 Å². The van der Waals surface area contributed by atoms with Gasteiger partial charge in [-0.05, 0) is 42.4 Å². The van der Waals surface area contributed by atoms with E-state index >= 15 is 0 Å². The van der Waals surface area contributed by atoms with Crippen molar-refractivity contribution >= 4 is 21.8 Å². The third-order valence-corrected chi connectivity index (χ3v) is 5.93. The average molecular weight is 390 g/mol. The minimum Gasteiger partial charge on any atom is -0.301 e. The smallest absolute Gasteiger partial charge is 0.301 e. The Morgan fingerprint density at radius 3 is 2.48 bits per heavy atom. The predicted octanol–water partition coefficient (Wildman–Crippen LogP) is 1.41. The minimum atomic E-state index is -3.77. The highest BCUT2D eigenvalue weighted by molar-refractivity contribution is 7.90. The summed E-state index contributed by atoms with van der Waals surface area (Å²) in [7, 11) is -1.86. The number of para-hydroxylation sites is 1. The van der Waals surface area contributed by atoms with Crippen molar-refractivity contribution in [1.82, 2.24) is 14.7 Å². The zero-order valence-corrected chi connectivity index (χ0v) is 15.7. The van der Waals surface area contributed by atoms with Gasteiger partial charge in [-0.2, -0.15) is 12.7 Å². The summed E-state index contributed by atoms with van der Waals surface area (Å²) in [5, 5.41) is 8.86. The summed E-state index contributed by atoms with van der Waals surface area (Å²) >= 11 is 0. The topological polar surface area (TPSA) is 102 Å². The first-order valence-electron chi connectivity index (χ1n) is 8.47. The number of nitrogens with one attached hydrogen (secondary N) is 2. The molecule has 1 aliphatic rings. The van der Waals surface area contributed by atoms with E-state index in [4.69, 9.17) is 5.21 Å². The molecule has 0 aliphatic carbocycles. The molecule has 3 rings (SSSR count). The highest BCUT2D eigenvalue weighted by Crippen LogP contribution is 2.21. The Morgan fingerprint density at radius 2 is 1.78 bits per heavy atom. The Labute approximate surface area is 158 Å². The third kappa shape index (κ3) is 4.64. The normalized spacial score (nSPS) is 16.1. The molecule has 1 amide bonds. The Morgan fingerprint density at radius 1 is 1.04 bits per heavy atom. The molecule has 0 saturated heterocycles. The number of benzene rings is 2. The number of fused-ring (bicyclic) bond motifs is 1. The number of anilines is 1. The van der Waals surface area contributed by atoms with Crippen LogP contribution in [0.25, 0.3) is 0 Å². The lowest BCUT2D eigenvalue weighted by atomic mass is 10.0. The molecule has 0 fully saturated rings. The van der Waals surface area contributed by atoms with E-state index < -0.39 is 16.1 Å². The Hall–Kier alpha value is -2.46. The number of nitrogens with zero attached hydrogens (tertiary/aromatic N) is 2. The molecule has 0 bridgehead atoms. The monoisotopic (exact) mass is 390 g/mol. The first-order chi connectivity index (χ1) is 12.9. The summed E-state index contributed by atoms with van der Waals surface area (Å²) in [6, 6.07) is 13.7. The number of hydroxylamine groups is 1. The quantitative estimate of drug-likeness (QED) is 0.541. The van der Waals surface area contributed by atoms with E-state index in [1.807, 2.05) is 18.0 Å². The second-order valence-electron chi connectivity index (χ2n) is 6.47. The highest BCUT2D eigenvalue weighted by Gasteiger charge is 2.26. The molecule has 0 radical (unpaired) electrons. The molecule has 144 valence electrons. The van der Waals surface area contributed by atoms with E-state index in [0.29, 0.717) is 25.3 Å². The molecule has 8 nitrogen and oxygen atoms in total. The molecule has 0 aromatic heterocycles. The molecule has 27 heavy (non-hydrogen) atoms. The van der Waals surface area contributed by atoms with Gasteiger partial charge in [0, 0.05) is 37.4 Å². The first-order valence-corrected chi connectivity index (χ1v) is 9.91. The summed E-state index contributed by atoms with van der Waals surface area (Å²) in [5.41, 5.74) is 4.02. The summed E-state index contributed by atoms with van der Waals surface area (Å²) in [5.74, 6) is -0.634. The average Bonchev–Trinajstić information content (AvgIpc) is 2.64. The number of amides is 1. The molecular formula is C18H22N4O4S. The Bertz CT molecular complexity index is 918. The van der Waals surface area contributed by atoms with Gasteiger partial charge in [0.1, 0.15) is 0 Å². The lowest BCUT2D eigenvalue weighted by molar-refractivity contribution is 0.0706. The fraction of sp³-hybridized carbons (Fsp3) is 0.278. The van der Waals surface area contributed by atoms with Crippen molar-refractivity contribution in [2.75, 3.05) is 24.9 Å². The molecule has 2 aromatic carbocycles. The summed E-state index contributed by atoms with van der Waals surface area (Å²) < 4.78 is 29.7. The lowest BCUT2D eigenvalue weighted by Gasteiger charge is -2.30. The molecular weight excluding hydrogens is 368 g/mol. The number of likely N-dealkylation sites (N-methyl/N-ethyl adjacent to an activating group) is 1. The third-order valence-electron chi connectivity index (χ3n) is 4.45. The molecule has 0 unspecified atom stereocenters. The van der Waals surface area contributed by atoms with Gasteiger partial charge in [-0.3, -0.25) is 14.7 Å². The van der Waals surface area contributed by atoms with E-state index in [1.165, 1.54) is 4.31 Å². The molecule has 0 atom stereocenters. The van der Waals surface area contributed by atoms with Crippen molar-refractivity contribution in [2.45, 2.75) is 13.1 Å². The SMILES string of the molecule is CN1CCN(S(=O)(=O)Nc2ccccc2)Cc2cc(C(=O)NO)ccc2C1. The van der Waals surface area contributed by atoms with Crippen LogP contribution in [0.5, 0.6) is 0 Å². The fourth-order valence-electron chi connectivity index (χ4n) is 2.98. The second-order valence-corrected chi connectivity index (χ2v) is 8.14. The fourth-order valence-corrected chi connectivity index (χ4v) is 4.17. The predicted molar refractivity (Wildman–Crippen MR) is 101 cm³/mol. The van der Waals surface area contributed by atoms with Crippen molar-refractivity contribution in [3.05, 3.63) is 65.2 Å². The van der Waals surface area contributed by atoms with Crippen molar-refractivity contribution in [2.24, 2.45) is 0 Å². The van der Waals surface area contributed by atoms with Crippen LogP contribution in [-0.4, -0.2) is 48.9 Å². The Balaban J connectivity index is 1.92. The van der Waals surface area contributed by atoms with E-state index in [-0.39, 0.29) is 12.1 Å². The maximum absolute atomic E-state index is 12.9. The van der Waals surface area contributed by atoms with Crippen LogP contribution in [0.3, 0.4) is 0 Å². The van der Waals surface area contributed by atoms with Gasteiger partial charge in [0.2, 0.25) is 0 Å². The van der Waals surface area contributed by atoms with E-state index in [0.717, 1.165) is 11.1 Å². The molecule has 2 aromatic rings. The van der Waals surface area contributed by atoms with Crippen LogP contribution >= 0.6 is 0 Å². The van der Waals surface area contributed by atoms with E-state index in [9.17, 15) is 13.2 Å². The molecule has 1 heterocycles. The molecule has 9 heteroatoms. The van der Waals surface area contributed by atoms with Crippen molar-refractivity contribution in [3.8, 4) is 0 Å². The molecule has 0 spiro atoms. The van der Waals surface area contributed by atoms with E-state index in [2.05, 4.69) is 4.72 Å². The lowest BCUT2D eigenvalue weighted by Crippen LogP contribution is -2.42. The van der Waals surface area contributed by atoms with Crippen LogP contribution < -0.4 is 10.2 Å². The van der Waals surface area contributed by atoms with E-state index in [1.54, 1.807) is 47.9 Å². The van der Waals surface area contributed by atoms with Gasteiger partial charge >= 0.3 is 10.2 Å². The molecule has 0 saturated carbocycles. The molecule has 1 aliphatic heterocycles. The number of hydrogen-bond acceptors (Lipinski definition) is 5. The highest BCUT2D eigenvalue weighted by atomic mass is 32.2. The first kappa shape index (κ1) is 19.3. The van der Waals surface area contributed by atoms with Crippen LogP contribution in [0.1, 0.15) is 21.5 Å². The van der Waals surface area contributed by atoms with Crippen LogP contribution in [0.2, 0.25) is 0 Å². The number of carbonyl (C=O) groups is 1. The van der Waals surface area contributed by atoms with Crippen molar-refractivity contribution in [1.29, 1.82) is 0 Å². The summed E-state index contributed by atoms with van der Waals surface area (Å²) in [4.78, 5) is 13.7. The van der Waals surface area contributed by atoms with Gasteiger partial charge in [-0.25, -0.2) is 5.48 Å². The largest absolute Gasteiger partial charge is 0.301 e. The second kappa shape index (κ2) is 8.05. The summed E-state index contributed by atoms with van der Waals surface area (Å²) in [6.45, 7) is 1.68.